The van der Waals surface area contributed by atoms with E-state index in [1.165, 1.54) is 0 Å². The monoisotopic (exact) mass is 244 g/mol. The molecule has 0 spiro atoms. The van der Waals surface area contributed by atoms with Crippen LogP contribution in [0, 0.1) is 0 Å². The van der Waals surface area contributed by atoms with E-state index in [1.807, 2.05) is 0 Å². The molecular weight excluding hydrogens is 230 g/mol. The Bertz CT molecular complexity index is 233. The first-order valence-corrected chi connectivity index (χ1v) is 7.75. The second kappa shape index (κ2) is 4.88. The first kappa shape index (κ1) is 12.4. The molecule has 2 unspecified atom stereocenters. The van der Waals surface area contributed by atoms with Crippen LogP contribution < -0.4 is 0 Å². The zero-order chi connectivity index (χ0) is 10.7. The Kier molecular flexibility index (Phi) is 4.31. The van der Waals surface area contributed by atoms with E-state index in [4.69, 9.17) is 18.1 Å². The minimum absolute atomic E-state index is 0.263. The van der Waals surface area contributed by atoms with Crippen LogP contribution in [0.2, 0.25) is 0 Å². The second-order valence-electron chi connectivity index (χ2n) is 2.57. The van der Waals surface area contributed by atoms with Gasteiger partial charge in [-0.05, 0) is 13.8 Å². The minimum atomic E-state index is -3.19. The molecule has 2 atom stereocenters. The van der Waals surface area contributed by atoms with Gasteiger partial charge in [-0.1, -0.05) is 0 Å². The van der Waals surface area contributed by atoms with E-state index in [2.05, 4.69) is 0 Å². The quantitative estimate of drug-likeness (QED) is 0.707. The van der Waals surface area contributed by atoms with Gasteiger partial charge in [-0.3, -0.25) is 18.2 Å². The molecule has 0 aliphatic carbocycles. The van der Waals surface area contributed by atoms with Crippen molar-refractivity contribution in [1.82, 2.24) is 0 Å². The van der Waals surface area contributed by atoms with E-state index in [9.17, 15) is 9.13 Å². The van der Waals surface area contributed by atoms with E-state index in [0.717, 1.165) is 0 Å². The molecule has 0 aromatic carbocycles. The standard InChI is InChI=1S/C6H14O6P2/c1-3-9-13(7)5-12-14(8,6-11-13)10-4-2/h3-6H2,1-2H3. The van der Waals surface area contributed by atoms with Gasteiger partial charge in [0.15, 0.2) is 12.7 Å². The van der Waals surface area contributed by atoms with Crippen molar-refractivity contribution in [3.63, 3.8) is 0 Å². The first-order chi connectivity index (χ1) is 6.54. The fourth-order valence-electron chi connectivity index (χ4n) is 0.934. The zero-order valence-electron chi connectivity index (χ0n) is 8.17. The Hall–Kier alpha value is 0.300. The summed E-state index contributed by atoms with van der Waals surface area (Å²) in [5.74, 6) is 0. The van der Waals surface area contributed by atoms with Gasteiger partial charge in [-0.25, -0.2) is 0 Å². The summed E-state index contributed by atoms with van der Waals surface area (Å²) in [4.78, 5) is 0. The molecular formula is C6H14O6P2. The predicted molar refractivity (Wildman–Crippen MR) is 50.4 cm³/mol. The summed E-state index contributed by atoms with van der Waals surface area (Å²) in [6.07, 6.45) is -0.615. The van der Waals surface area contributed by atoms with Gasteiger partial charge in [0, 0.05) is 0 Å². The molecule has 1 saturated heterocycles. The van der Waals surface area contributed by atoms with Crippen LogP contribution in [0.3, 0.4) is 0 Å². The number of hydrogen-bond donors (Lipinski definition) is 0. The average Bonchev–Trinajstić information content (AvgIpc) is 2.13. The Morgan fingerprint density at radius 2 is 1.36 bits per heavy atom. The molecule has 84 valence electrons. The van der Waals surface area contributed by atoms with Crippen LogP contribution in [0.25, 0.3) is 0 Å². The van der Waals surface area contributed by atoms with Gasteiger partial charge in [0.2, 0.25) is 0 Å². The smallest absolute Gasteiger partial charge is 0.307 e. The minimum Gasteiger partial charge on any atom is -0.307 e. The van der Waals surface area contributed by atoms with Crippen LogP contribution >= 0.6 is 15.2 Å². The highest BCUT2D eigenvalue weighted by atomic mass is 31.2. The van der Waals surface area contributed by atoms with E-state index >= 15 is 0 Å². The van der Waals surface area contributed by atoms with Crippen LogP contribution in [0.5, 0.6) is 0 Å². The van der Waals surface area contributed by atoms with Gasteiger partial charge in [-0.15, -0.1) is 0 Å². The molecule has 1 aliphatic heterocycles. The van der Waals surface area contributed by atoms with Crippen LogP contribution in [-0.4, -0.2) is 25.9 Å². The molecule has 0 aromatic heterocycles. The third kappa shape index (κ3) is 3.16. The SMILES string of the molecule is CCOP1(=O)COP(=O)(OCC)CO1. The van der Waals surface area contributed by atoms with Crippen molar-refractivity contribution < 1.29 is 27.2 Å². The van der Waals surface area contributed by atoms with Crippen molar-refractivity contribution in [3.05, 3.63) is 0 Å². The fraction of sp³-hybridized carbons (Fsp3) is 1.00. The molecule has 14 heavy (non-hydrogen) atoms. The van der Waals surface area contributed by atoms with Gasteiger partial charge < -0.3 is 9.05 Å². The lowest BCUT2D eigenvalue weighted by Crippen LogP contribution is -2.13. The summed E-state index contributed by atoms with van der Waals surface area (Å²) in [6.45, 7) is 3.92. The van der Waals surface area contributed by atoms with E-state index < -0.39 is 15.2 Å². The van der Waals surface area contributed by atoms with Gasteiger partial charge >= 0.3 is 15.2 Å². The Balaban J connectivity index is 2.53. The number of hydrogen-bond acceptors (Lipinski definition) is 6. The molecule has 6 nitrogen and oxygen atoms in total. The summed E-state index contributed by atoms with van der Waals surface area (Å²) in [7, 11) is -6.38. The highest BCUT2D eigenvalue weighted by Crippen LogP contribution is 2.63. The van der Waals surface area contributed by atoms with Crippen LogP contribution in [0.4, 0.5) is 0 Å². The first-order valence-electron chi connectivity index (χ1n) is 4.30. The highest BCUT2D eigenvalue weighted by molar-refractivity contribution is 7.59. The Morgan fingerprint density at radius 3 is 1.57 bits per heavy atom. The maximum Gasteiger partial charge on any atom is 0.357 e. The molecule has 1 aliphatic rings. The van der Waals surface area contributed by atoms with E-state index in [0.29, 0.717) is 0 Å². The zero-order valence-corrected chi connectivity index (χ0v) is 9.96. The van der Waals surface area contributed by atoms with Gasteiger partial charge in [0.1, 0.15) is 0 Å². The lowest BCUT2D eigenvalue weighted by molar-refractivity contribution is 0.143. The Morgan fingerprint density at radius 1 is 1.00 bits per heavy atom. The molecule has 0 aromatic rings. The molecule has 0 saturated carbocycles. The molecule has 1 heterocycles. The fourth-order valence-corrected chi connectivity index (χ4v) is 4.71. The van der Waals surface area contributed by atoms with E-state index in [1.54, 1.807) is 13.8 Å². The van der Waals surface area contributed by atoms with Crippen molar-refractivity contribution in [1.29, 1.82) is 0 Å². The molecule has 8 heteroatoms. The molecule has 0 bridgehead atoms. The van der Waals surface area contributed by atoms with Crippen molar-refractivity contribution in [2.24, 2.45) is 0 Å². The Labute approximate surface area is 82.9 Å². The van der Waals surface area contributed by atoms with Gasteiger partial charge in [0.05, 0.1) is 13.2 Å². The highest BCUT2D eigenvalue weighted by Gasteiger charge is 2.40. The van der Waals surface area contributed by atoms with Crippen molar-refractivity contribution in [2.45, 2.75) is 13.8 Å². The molecule has 1 rings (SSSR count). The molecule has 0 N–H and O–H groups in total. The van der Waals surface area contributed by atoms with Crippen molar-refractivity contribution >= 4 is 15.2 Å². The lowest BCUT2D eigenvalue weighted by atomic mass is 10.9. The maximum atomic E-state index is 11.6. The van der Waals surface area contributed by atoms with Crippen molar-refractivity contribution in [3.8, 4) is 0 Å². The van der Waals surface area contributed by atoms with Crippen molar-refractivity contribution in [2.75, 3.05) is 25.9 Å². The van der Waals surface area contributed by atoms with Gasteiger partial charge in [0.25, 0.3) is 0 Å². The second-order valence-corrected chi connectivity index (χ2v) is 6.57. The summed E-state index contributed by atoms with van der Waals surface area (Å²) in [5, 5.41) is 0. The molecule has 0 radical (unpaired) electrons. The summed E-state index contributed by atoms with van der Waals surface area (Å²) >= 11 is 0. The maximum absolute atomic E-state index is 11.6. The third-order valence-electron chi connectivity index (χ3n) is 1.48. The largest absolute Gasteiger partial charge is 0.357 e. The number of rotatable bonds is 4. The summed E-state index contributed by atoms with van der Waals surface area (Å²) in [5.41, 5.74) is 0. The molecule has 1 fully saturated rings. The van der Waals surface area contributed by atoms with Crippen LogP contribution in [0.1, 0.15) is 13.8 Å². The van der Waals surface area contributed by atoms with Gasteiger partial charge in [-0.2, -0.15) is 0 Å². The van der Waals surface area contributed by atoms with Crippen LogP contribution in [0.15, 0.2) is 0 Å². The molecule has 0 amide bonds. The average molecular weight is 244 g/mol. The topological polar surface area (TPSA) is 71.1 Å². The van der Waals surface area contributed by atoms with Crippen LogP contribution in [-0.2, 0) is 27.2 Å². The predicted octanol–water partition coefficient (Wildman–Crippen LogP) is 2.41. The third-order valence-corrected chi connectivity index (χ3v) is 5.12. The lowest BCUT2D eigenvalue weighted by Gasteiger charge is -2.27. The normalized spacial score (nSPS) is 38.4. The van der Waals surface area contributed by atoms with E-state index in [-0.39, 0.29) is 25.9 Å². The summed E-state index contributed by atoms with van der Waals surface area (Å²) in [6, 6.07) is 0. The summed E-state index contributed by atoms with van der Waals surface area (Å²) < 4.78 is 42.7.